The van der Waals surface area contributed by atoms with Crippen molar-refractivity contribution in [3.05, 3.63) is 41.7 Å². The molecular formula is C14H16N4O2. The number of hydrogen-bond donors (Lipinski definition) is 2. The van der Waals surface area contributed by atoms with Gasteiger partial charge < -0.3 is 15.8 Å². The maximum absolute atomic E-state index is 12.2. The highest BCUT2D eigenvalue weighted by Gasteiger charge is 2.24. The number of fused-ring (bicyclic) bond motifs is 1. The Bertz CT molecular complexity index is 650. The number of nitrogens with two attached hydrogens (primary N) is 1. The molecule has 3 rings (SSSR count). The molecule has 0 saturated carbocycles. The molecule has 1 aromatic heterocycles. The van der Waals surface area contributed by atoms with Crippen LogP contribution in [0.5, 0.6) is 5.75 Å². The number of nitrogens with one attached hydrogen (secondary N) is 1. The lowest BCUT2D eigenvalue weighted by Crippen LogP contribution is -2.32. The quantitative estimate of drug-likeness (QED) is 0.862. The lowest BCUT2D eigenvalue weighted by atomic mass is 10.0. The summed E-state index contributed by atoms with van der Waals surface area (Å²) in [5.74, 6) is 0.558. The molecule has 1 amide bonds. The minimum absolute atomic E-state index is 0.0751. The SMILES string of the molecule is Cn1cc(N)c(C(=O)NC2CCOc3ccccc32)n1. The Morgan fingerprint density at radius 1 is 1.50 bits per heavy atom. The number of amides is 1. The second-order valence-corrected chi connectivity index (χ2v) is 4.81. The molecule has 1 aromatic carbocycles. The van der Waals surface area contributed by atoms with E-state index in [1.807, 2.05) is 24.3 Å². The van der Waals surface area contributed by atoms with Crippen LogP contribution in [0.15, 0.2) is 30.5 Å². The number of carbonyl (C=O) groups excluding carboxylic acids is 1. The van der Waals surface area contributed by atoms with Crippen LogP contribution in [0.3, 0.4) is 0 Å². The zero-order chi connectivity index (χ0) is 14.1. The minimum Gasteiger partial charge on any atom is -0.493 e. The molecule has 2 aromatic rings. The number of nitrogens with zero attached hydrogens (tertiary/aromatic N) is 2. The summed E-state index contributed by atoms with van der Waals surface area (Å²) in [7, 11) is 1.73. The van der Waals surface area contributed by atoms with Gasteiger partial charge in [-0.05, 0) is 6.07 Å². The number of benzene rings is 1. The van der Waals surface area contributed by atoms with Gasteiger partial charge in [0.1, 0.15) is 5.75 Å². The lowest BCUT2D eigenvalue weighted by molar-refractivity contribution is 0.0920. The van der Waals surface area contributed by atoms with Crippen molar-refractivity contribution in [2.75, 3.05) is 12.3 Å². The van der Waals surface area contributed by atoms with Crippen molar-refractivity contribution in [3.63, 3.8) is 0 Å². The fourth-order valence-corrected chi connectivity index (χ4v) is 2.40. The summed E-state index contributed by atoms with van der Waals surface area (Å²) in [5, 5.41) is 7.05. The molecule has 0 radical (unpaired) electrons. The van der Waals surface area contributed by atoms with Crippen molar-refractivity contribution in [1.29, 1.82) is 0 Å². The molecule has 0 saturated heterocycles. The maximum atomic E-state index is 12.2. The van der Waals surface area contributed by atoms with Crippen LogP contribution in [-0.4, -0.2) is 22.3 Å². The zero-order valence-corrected chi connectivity index (χ0v) is 11.2. The van der Waals surface area contributed by atoms with Gasteiger partial charge in [0.2, 0.25) is 0 Å². The highest BCUT2D eigenvalue weighted by molar-refractivity contribution is 5.97. The summed E-state index contributed by atoms with van der Waals surface area (Å²) < 4.78 is 7.10. The number of rotatable bonds is 2. The molecule has 6 nitrogen and oxygen atoms in total. The van der Waals surface area contributed by atoms with E-state index in [2.05, 4.69) is 10.4 Å². The number of aryl methyl sites for hydroxylation is 1. The molecule has 104 valence electrons. The molecule has 0 spiro atoms. The fraction of sp³-hybridized carbons (Fsp3) is 0.286. The van der Waals surface area contributed by atoms with Gasteiger partial charge in [0, 0.05) is 25.2 Å². The number of carbonyl (C=O) groups is 1. The van der Waals surface area contributed by atoms with E-state index < -0.39 is 0 Å². The molecule has 6 heteroatoms. The molecular weight excluding hydrogens is 256 g/mol. The van der Waals surface area contributed by atoms with E-state index in [4.69, 9.17) is 10.5 Å². The number of anilines is 1. The van der Waals surface area contributed by atoms with Crippen molar-refractivity contribution in [2.45, 2.75) is 12.5 Å². The molecule has 20 heavy (non-hydrogen) atoms. The van der Waals surface area contributed by atoms with Crippen LogP contribution < -0.4 is 15.8 Å². The Kier molecular flexibility index (Phi) is 3.06. The van der Waals surface area contributed by atoms with E-state index in [9.17, 15) is 4.79 Å². The van der Waals surface area contributed by atoms with Gasteiger partial charge in [-0.1, -0.05) is 18.2 Å². The lowest BCUT2D eigenvalue weighted by Gasteiger charge is -2.26. The van der Waals surface area contributed by atoms with E-state index in [1.165, 1.54) is 4.68 Å². The molecule has 1 unspecified atom stereocenters. The Hall–Kier alpha value is -2.50. The zero-order valence-electron chi connectivity index (χ0n) is 11.2. The van der Waals surface area contributed by atoms with Gasteiger partial charge in [0.25, 0.3) is 5.91 Å². The summed E-state index contributed by atoms with van der Waals surface area (Å²) in [5.41, 5.74) is 7.40. The number of nitrogen functional groups attached to an aromatic ring is 1. The predicted molar refractivity (Wildman–Crippen MR) is 74.4 cm³/mol. The summed E-state index contributed by atoms with van der Waals surface area (Å²) in [4.78, 5) is 12.2. The standard InChI is InChI=1S/C14H16N4O2/c1-18-8-10(15)13(17-18)14(19)16-11-6-7-20-12-5-3-2-4-9(11)12/h2-5,8,11H,6-7,15H2,1H3,(H,16,19). The molecule has 1 aliphatic heterocycles. The largest absolute Gasteiger partial charge is 0.493 e. The molecule has 0 aliphatic carbocycles. The smallest absolute Gasteiger partial charge is 0.274 e. The van der Waals surface area contributed by atoms with E-state index in [0.717, 1.165) is 17.7 Å². The van der Waals surface area contributed by atoms with Crippen LogP contribution >= 0.6 is 0 Å². The number of hydrogen-bond acceptors (Lipinski definition) is 4. The van der Waals surface area contributed by atoms with Crippen LogP contribution in [-0.2, 0) is 7.05 Å². The first kappa shape index (κ1) is 12.5. The van der Waals surface area contributed by atoms with E-state index in [0.29, 0.717) is 12.3 Å². The van der Waals surface area contributed by atoms with Crippen molar-refractivity contribution >= 4 is 11.6 Å². The average molecular weight is 272 g/mol. The molecule has 2 heterocycles. The van der Waals surface area contributed by atoms with Gasteiger partial charge in [0.15, 0.2) is 5.69 Å². The summed E-state index contributed by atoms with van der Waals surface area (Å²) >= 11 is 0. The van der Waals surface area contributed by atoms with Gasteiger partial charge in [-0.2, -0.15) is 5.10 Å². The summed E-state index contributed by atoms with van der Waals surface area (Å²) in [6.45, 7) is 0.583. The molecule has 3 N–H and O–H groups in total. The van der Waals surface area contributed by atoms with Gasteiger partial charge in [-0.3, -0.25) is 9.48 Å². The Morgan fingerprint density at radius 2 is 2.30 bits per heavy atom. The Balaban J connectivity index is 1.82. The van der Waals surface area contributed by atoms with E-state index in [-0.39, 0.29) is 17.6 Å². The van der Waals surface area contributed by atoms with Crippen LogP contribution in [0, 0.1) is 0 Å². The first-order valence-electron chi connectivity index (χ1n) is 6.47. The second kappa shape index (κ2) is 4.88. The highest BCUT2D eigenvalue weighted by atomic mass is 16.5. The second-order valence-electron chi connectivity index (χ2n) is 4.81. The third kappa shape index (κ3) is 2.20. The topological polar surface area (TPSA) is 82.2 Å². The van der Waals surface area contributed by atoms with Crippen LogP contribution in [0.1, 0.15) is 28.5 Å². The number of para-hydroxylation sites is 1. The normalized spacial score (nSPS) is 17.1. The van der Waals surface area contributed by atoms with Crippen molar-refractivity contribution in [1.82, 2.24) is 15.1 Å². The Morgan fingerprint density at radius 3 is 3.05 bits per heavy atom. The van der Waals surface area contributed by atoms with E-state index >= 15 is 0 Å². The third-order valence-electron chi connectivity index (χ3n) is 3.34. The monoisotopic (exact) mass is 272 g/mol. The van der Waals surface area contributed by atoms with Gasteiger partial charge >= 0.3 is 0 Å². The van der Waals surface area contributed by atoms with Crippen molar-refractivity contribution in [2.24, 2.45) is 7.05 Å². The number of aromatic nitrogens is 2. The first-order valence-corrected chi connectivity index (χ1v) is 6.47. The summed E-state index contributed by atoms with van der Waals surface area (Å²) in [6, 6.07) is 7.64. The van der Waals surface area contributed by atoms with Gasteiger partial charge in [-0.25, -0.2) is 0 Å². The fourth-order valence-electron chi connectivity index (χ4n) is 2.40. The predicted octanol–water partition coefficient (Wildman–Crippen LogP) is 1.26. The minimum atomic E-state index is -0.259. The van der Waals surface area contributed by atoms with E-state index in [1.54, 1.807) is 13.2 Å². The first-order chi connectivity index (χ1) is 9.65. The van der Waals surface area contributed by atoms with Gasteiger partial charge in [0.05, 0.1) is 18.3 Å². The third-order valence-corrected chi connectivity index (χ3v) is 3.34. The van der Waals surface area contributed by atoms with Crippen molar-refractivity contribution in [3.8, 4) is 5.75 Å². The average Bonchev–Trinajstić information content (AvgIpc) is 2.78. The molecule has 1 atom stereocenters. The molecule has 0 bridgehead atoms. The van der Waals surface area contributed by atoms with Crippen molar-refractivity contribution < 1.29 is 9.53 Å². The van der Waals surface area contributed by atoms with Gasteiger partial charge in [-0.15, -0.1) is 0 Å². The molecule has 0 fully saturated rings. The summed E-state index contributed by atoms with van der Waals surface area (Å²) in [6.07, 6.45) is 2.35. The Labute approximate surface area is 116 Å². The molecule has 1 aliphatic rings. The van der Waals surface area contributed by atoms with Crippen LogP contribution in [0.4, 0.5) is 5.69 Å². The highest BCUT2D eigenvalue weighted by Crippen LogP contribution is 2.31. The van der Waals surface area contributed by atoms with Crippen LogP contribution in [0.25, 0.3) is 0 Å². The maximum Gasteiger partial charge on any atom is 0.274 e. The number of ether oxygens (including phenoxy) is 1. The van der Waals surface area contributed by atoms with Crippen LogP contribution in [0.2, 0.25) is 0 Å².